The number of rotatable bonds is 10. The molecule has 31 heavy (non-hydrogen) atoms. The first-order valence-corrected chi connectivity index (χ1v) is 10.2. The Morgan fingerprint density at radius 2 is 1.61 bits per heavy atom. The normalized spacial score (nSPS) is 13.9. The molecule has 1 rings (SSSR count). The number of amides is 3. The quantitative estimate of drug-likeness (QED) is 0.483. The van der Waals surface area contributed by atoms with Crippen molar-refractivity contribution in [3.63, 3.8) is 0 Å². The summed E-state index contributed by atoms with van der Waals surface area (Å²) < 4.78 is 9.86. The molecule has 0 radical (unpaired) electrons. The van der Waals surface area contributed by atoms with Gasteiger partial charge in [-0.1, -0.05) is 50.6 Å². The van der Waals surface area contributed by atoms with Crippen molar-refractivity contribution in [3.05, 3.63) is 35.9 Å². The van der Waals surface area contributed by atoms with Gasteiger partial charge >= 0.3 is 12.1 Å². The Labute approximate surface area is 183 Å². The molecule has 0 saturated heterocycles. The predicted octanol–water partition coefficient (Wildman–Crippen LogP) is 1.90. The van der Waals surface area contributed by atoms with Crippen molar-refractivity contribution < 1.29 is 28.7 Å². The van der Waals surface area contributed by atoms with E-state index in [1.54, 1.807) is 0 Å². The molecule has 0 aliphatic heterocycles. The Morgan fingerprint density at radius 1 is 1.00 bits per heavy atom. The van der Waals surface area contributed by atoms with Crippen molar-refractivity contribution in [2.75, 3.05) is 7.11 Å². The van der Waals surface area contributed by atoms with Crippen LogP contribution in [0.1, 0.15) is 46.6 Å². The maximum atomic E-state index is 12.8. The number of hydrogen-bond donors (Lipinski definition) is 3. The highest BCUT2D eigenvalue weighted by Gasteiger charge is 2.34. The summed E-state index contributed by atoms with van der Waals surface area (Å²) in [6.45, 7) is 8.25. The van der Waals surface area contributed by atoms with Crippen molar-refractivity contribution >= 4 is 23.9 Å². The van der Waals surface area contributed by atoms with Gasteiger partial charge in [-0.3, -0.25) is 9.59 Å². The summed E-state index contributed by atoms with van der Waals surface area (Å²) in [6.07, 6.45) is -0.110. The van der Waals surface area contributed by atoms with Gasteiger partial charge in [0.1, 0.15) is 24.2 Å². The third-order valence-corrected chi connectivity index (χ3v) is 4.87. The fraction of sp³-hybridized carbons (Fsp3) is 0.545. The number of methoxy groups -OCH3 is 1. The van der Waals surface area contributed by atoms with Crippen LogP contribution in [0.5, 0.6) is 0 Å². The van der Waals surface area contributed by atoms with Gasteiger partial charge in [-0.15, -0.1) is 0 Å². The van der Waals surface area contributed by atoms with Crippen LogP contribution >= 0.6 is 0 Å². The van der Waals surface area contributed by atoms with Crippen molar-refractivity contribution in [3.8, 4) is 0 Å². The second-order valence-electron chi connectivity index (χ2n) is 7.91. The maximum absolute atomic E-state index is 12.8. The van der Waals surface area contributed by atoms with Crippen LogP contribution in [0.2, 0.25) is 0 Å². The van der Waals surface area contributed by atoms with Gasteiger partial charge in [0.15, 0.2) is 0 Å². The molecule has 0 saturated carbocycles. The van der Waals surface area contributed by atoms with Crippen LogP contribution in [-0.2, 0) is 30.5 Å². The zero-order valence-corrected chi connectivity index (χ0v) is 19.0. The highest BCUT2D eigenvalue weighted by molar-refractivity contribution is 5.93. The van der Waals surface area contributed by atoms with Gasteiger partial charge < -0.3 is 25.4 Å². The van der Waals surface area contributed by atoms with Gasteiger partial charge in [0.25, 0.3) is 0 Å². The van der Waals surface area contributed by atoms with E-state index in [0.29, 0.717) is 6.42 Å². The highest BCUT2D eigenvalue weighted by atomic mass is 16.5. The second kappa shape index (κ2) is 11.9. The van der Waals surface area contributed by atoms with E-state index >= 15 is 0 Å². The molecule has 0 fully saturated rings. The van der Waals surface area contributed by atoms with Crippen LogP contribution in [0.25, 0.3) is 0 Å². The summed E-state index contributed by atoms with van der Waals surface area (Å²) in [6, 6.07) is 7.34. The molecule has 3 N–H and O–H groups in total. The molecule has 172 valence electrons. The standard InChI is InChI=1S/C22H33N3O6/c1-7-14(2)17(24-21(29)31-13-16-11-9-8-10-12-16)19(27)23-15(3)18(26)25-22(4,5)20(28)30-6/h8-12,14-15,17H,7,13H2,1-6H3,(H,23,27)(H,24,29)(H,25,26). The zero-order chi connectivity index (χ0) is 23.6. The summed E-state index contributed by atoms with van der Waals surface area (Å²) in [5.74, 6) is -1.89. The first-order chi connectivity index (χ1) is 14.5. The number of esters is 1. The molecular weight excluding hydrogens is 402 g/mol. The molecule has 3 atom stereocenters. The highest BCUT2D eigenvalue weighted by Crippen LogP contribution is 2.10. The van der Waals surface area contributed by atoms with Crippen molar-refractivity contribution in [1.29, 1.82) is 0 Å². The average molecular weight is 436 g/mol. The third kappa shape index (κ3) is 8.27. The van der Waals surface area contributed by atoms with E-state index in [-0.39, 0.29) is 12.5 Å². The van der Waals surface area contributed by atoms with Gasteiger partial charge in [0.05, 0.1) is 7.11 Å². The van der Waals surface area contributed by atoms with Crippen LogP contribution in [-0.4, -0.2) is 48.6 Å². The molecule has 0 aliphatic carbocycles. The lowest BCUT2D eigenvalue weighted by Gasteiger charge is -2.27. The monoisotopic (exact) mass is 435 g/mol. The smallest absolute Gasteiger partial charge is 0.408 e. The minimum atomic E-state index is -1.25. The van der Waals surface area contributed by atoms with Gasteiger partial charge in [-0.2, -0.15) is 0 Å². The fourth-order valence-electron chi connectivity index (χ4n) is 2.68. The number of carbonyl (C=O) groups is 4. The van der Waals surface area contributed by atoms with E-state index in [2.05, 4.69) is 20.7 Å². The molecule has 3 unspecified atom stereocenters. The molecule has 0 aromatic heterocycles. The minimum absolute atomic E-state index is 0.0724. The number of nitrogens with one attached hydrogen (secondary N) is 3. The summed E-state index contributed by atoms with van der Waals surface area (Å²) >= 11 is 0. The Hall–Kier alpha value is -3.10. The third-order valence-electron chi connectivity index (χ3n) is 4.87. The zero-order valence-electron chi connectivity index (χ0n) is 19.0. The van der Waals surface area contributed by atoms with Gasteiger partial charge in [-0.05, 0) is 32.3 Å². The van der Waals surface area contributed by atoms with Crippen LogP contribution in [0.4, 0.5) is 4.79 Å². The van der Waals surface area contributed by atoms with Crippen molar-refractivity contribution in [1.82, 2.24) is 16.0 Å². The SMILES string of the molecule is CCC(C)C(NC(=O)OCc1ccccc1)C(=O)NC(C)C(=O)NC(C)(C)C(=O)OC. The van der Waals surface area contributed by atoms with E-state index in [1.165, 1.54) is 27.9 Å². The van der Waals surface area contributed by atoms with E-state index < -0.39 is 41.5 Å². The molecule has 9 heteroatoms. The first kappa shape index (κ1) is 25.9. The molecule has 0 aliphatic rings. The van der Waals surface area contributed by atoms with E-state index in [1.807, 2.05) is 44.2 Å². The Morgan fingerprint density at radius 3 is 2.16 bits per heavy atom. The molecular formula is C22H33N3O6. The summed E-state index contributed by atoms with van der Waals surface area (Å²) in [5.41, 5.74) is -0.429. The maximum Gasteiger partial charge on any atom is 0.408 e. The van der Waals surface area contributed by atoms with E-state index in [4.69, 9.17) is 4.74 Å². The lowest BCUT2D eigenvalue weighted by atomic mass is 9.98. The molecule has 1 aromatic carbocycles. The van der Waals surface area contributed by atoms with Crippen molar-refractivity contribution in [2.45, 2.75) is 65.3 Å². The Bertz CT molecular complexity index is 766. The molecule has 0 bridgehead atoms. The van der Waals surface area contributed by atoms with Crippen molar-refractivity contribution in [2.24, 2.45) is 5.92 Å². The predicted molar refractivity (Wildman–Crippen MR) is 115 cm³/mol. The molecule has 3 amide bonds. The van der Waals surface area contributed by atoms with E-state index in [9.17, 15) is 19.2 Å². The Kier molecular flexibility index (Phi) is 9.98. The van der Waals surface area contributed by atoms with Crippen LogP contribution in [0.15, 0.2) is 30.3 Å². The number of hydrogen-bond acceptors (Lipinski definition) is 6. The minimum Gasteiger partial charge on any atom is -0.467 e. The largest absolute Gasteiger partial charge is 0.467 e. The molecule has 0 heterocycles. The molecule has 0 spiro atoms. The van der Waals surface area contributed by atoms with Gasteiger partial charge in [0, 0.05) is 0 Å². The number of alkyl carbamates (subject to hydrolysis) is 1. The lowest BCUT2D eigenvalue weighted by Crippen LogP contribution is -2.58. The summed E-state index contributed by atoms with van der Waals surface area (Å²) in [5, 5.41) is 7.69. The fourth-order valence-corrected chi connectivity index (χ4v) is 2.68. The first-order valence-electron chi connectivity index (χ1n) is 10.2. The summed E-state index contributed by atoms with van der Waals surface area (Å²) in [4.78, 5) is 49.2. The van der Waals surface area contributed by atoms with Crippen LogP contribution < -0.4 is 16.0 Å². The number of ether oxygens (including phenoxy) is 2. The summed E-state index contributed by atoms with van der Waals surface area (Å²) in [7, 11) is 1.22. The molecule has 9 nitrogen and oxygen atoms in total. The topological polar surface area (TPSA) is 123 Å². The van der Waals surface area contributed by atoms with Gasteiger partial charge in [0.2, 0.25) is 11.8 Å². The second-order valence-corrected chi connectivity index (χ2v) is 7.91. The number of carbonyl (C=O) groups excluding carboxylic acids is 4. The average Bonchev–Trinajstić information content (AvgIpc) is 2.74. The van der Waals surface area contributed by atoms with Crippen LogP contribution in [0, 0.1) is 5.92 Å². The van der Waals surface area contributed by atoms with Gasteiger partial charge in [-0.25, -0.2) is 9.59 Å². The number of benzene rings is 1. The van der Waals surface area contributed by atoms with E-state index in [0.717, 1.165) is 5.56 Å². The Balaban J connectivity index is 2.71. The molecule has 1 aromatic rings. The van der Waals surface area contributed by atoms with Crippen LogP contribution in [0.3, 0.4) is 0 Å². The lowest BCUT2D eigenvalue weighted by molar-refractivity contribution is -0.149.